The second-order valence-corrected chi connectivity index (χ2v) is 5.14. The van der Waals surface area contributed by atoms with Crippen molar-refractivity contribution in [3.8, 4) is 0 Å². The summed E-state index contributed by atoms with van der Waals surface area (Å²) in [6, 6.07) is 2.11. The molecule has 1 aromatic rings. The van der Waals surface area contributed by atoms with Crippen LogP contribution in [0.2, 0.25) is 0 Å². The first-order valence-corrected chi connectivity index (χ1v) is 7.07. The van der Waals surface area contributed by atoms with Gasteiger partial charge in [0, 0.05) is 25.1 Å². The van der Waals surface area contributed by atoms with Gasteiger partial charge in [0.25, 0.3) is 5.56 Å². The molecule has 5 heteroatoms. The smallest absolute Gasteiger partial charge is 0.252 e. The van der Waals surface area contributed by atoms with Crippen LogP contribution >= 0.6 is 0 Å². The molecule has 0 saturated carbocycles. The second-order valence-electron chi connectivity index (χ2n) is 5.14. The van der Waals surface area contributed by atoms with Crippen LogP contribution in [0.3, 0.4) is 0 Å². The van der Waals surface area contributed by atoms with E-state index in [1.54, 1.807) is 0 Å². The highest BCUT2D eigenvalue weighted by molar-refractivity contribution is 5.32. The van der Waals surface area contributed by atoms with Gasteiger partial charge in [-0.3, -0.25) is 4.79 Å². The summed E-state index contributed by atoms with van der Waals surface area (Å²) in [6.07, 6.45) is 2.96. The van der Waals surface area contributed by atoms with Gasteiger partial charge in [0.05, 0.1) is 0 Å². The van der Waals surface area contributed by atoms with Gasteiger partial charge >= 0.3 is 0 Å². The number of H-pyrrole nitrogens is 1. The third-order valence-corrected chi connectivity index (χ3v) is 3.25. The van der Waals surface area contributed by atoms with E-state index in [1.807, 2.05) is 6.92 Å². The third kappa shape index (κ3) is 5.87. The van der Waals surface area contributed by atoms with Crippen molar-refractivity contribution in [1.82, 2.24) is 14.9 Å². The van der Waals surface area contributed by atoms with Crippen LogP contribution in [0.15, 0.2) is 10.9 Å². The zero-order valence-electron chi connectivity index (χ0n) is 12.5. The molecule has 0 aliphatic heterocycles. The third-order valence-electron chi connectivity index (χ3n) is 3.25. The van der Waals surface area contributed by atoms with Gasteiger partial charge in [-0.05, 0) is 40.3 Å². The van der Waals surface area contributed by atoms with Crippen LogP contribution < -0.4 is 10.9 Å². The van der Waals surface area contributed by atoms with Crippen molar-refractivity contribution in [1.29, 1.82) is 0 Å². The molecule has 0 saturated heterocycles. The lowest BCUT2D eigenvalue weighted by atomic mass is 10.2. The maximum absolute atomic E-state index is 11.4. The molecule has 0 amide bonds. The highest BCUT2D eigenvalue weighted by Crippen LogP contribution is 2.02. The fraction of sp³-hybridized carbons (Fsp3) is 0.714. The number of hydrogen-bond donors (Lipinski definition) is 2. The minimum absolute atomic E-state index is 0.0890. The molecule has 0 aliphatic rings. The molecule has 0 fully saturated rings. The quantitative estimate of drug-likeness (QED) is 0.705. The highest BCUT2D eigenvalue weighted by Gasteiger charge is 2.02. The average Bonchev–Trinajstić information content (AvgIpc) is 2.37. The SMILES string of the molecule is CCc1nc(NCCCCN(C)C(C)C)cc(=O)[nH]1. The summed E-state index contributed by atoms with van der Waals surface area (Å²) in [7, 11) is 2.14. The van der Waals surface area contributed by atoms with Crippen LogP contribution in [-0.4, -0.2) is 41.0 Å². The van der Waals surface area contributed by atoms with Crippen molar-refractivity contribution in [2.24, 2.45) is 0 Å². The molecule has 5 nitrogen and oxygen atoms in total. The van der Waals surface area contributed by atoms with Crippen LogP contribution in [0, 0.1) is 0 Å². The molecule has 0 aliphatic carbocycles. The fourth-order valence-corrected chi connectivity index (χ4v) is 1.73. The van der Waals surface area contributed by atoms with Gasteiger partial charge in [-0.25, -0.2) is 4.98 Å². The topological polar surface area (TPSA) is 61.0 Å². The van der Waals surface area contributed by atoms with Crippen molar-refractivity contribution in [2.75, 3.05) is 25.5 Å². The average molecular weight is 266 g/mol. The number of aromatic amines is 1. The van der Waals surface area contributed by atoms with Gasteiger partial charge in [-0.1, -0.05) is 6.92 Å². The monoisotopic (exact) mass is 266 g/mol. The highest BCUT2D eigenvalue weighted by atomic mass is 16.1. The van der Waals surface area contributed by atoms with E-state index >= 15 is 0 Å². The van der Waals surface area contributed by atoms with Crippen molar-refractivity contribution in [3.63, 3.8) is 0 Å². The minimum Gasteiger partial charge on any atom is -0.370 e. The van der Waals surface area contributed by atoms with E-state index < -0.39 is 0 Å². The summed E-state index contributed by atoms with van der Waals surface area (Å²) in [5, 5.41) is 3.21. The van der Waals surface area contributed by atoms with Crippen LogP contribution in [0.1, 0.15) is 39.4 Å². The van der Waals surface area contributed by atoms with E-state index in [-0.39, 0.29) is 5.56 Å². The Kier molecular flexibility index (Phi) is 6.56. The molecule has 2 N–H and O–H groups in total. The molecule has 1 heterocycles. The van der Waals surface area contributed by atoms with Gasteiger partial charge in [0.15, 0.2) is 0 Å². The lowest BCUT2D eigenvalue weighted by Gasteiger charge is -2.20. The fourth-order valence-electron chi connectivity index (χ4n) is 1.73. The number of hydrogen-bond acceptors (Lipinski definition) is 4. The summed E-state index contributed by atoms with van der Waals surface area (Å²) in [4.78, 5) is 20.8. The number of nitrogens with zero attached hydrogens (tertiary/aromatic N) is 2. The Morgan fingerprint density at radius 3 is 2.79 bits per heavy atom. The molecule has 0 bridgehead atoms. The maximum atomic E-state index is 11.4. The summed E-state index contributed by atoms with van der Waals surface area (Å²) in [6.45, 7) is 8.33. The normalized spacial score (nSPS) is 11.3. The first kappa shape index (κ1) is 15.7. The molecule has 0 radical (unpaired) electrons. The molecule has 0 atom stereocenters. The lowest BCUT2D eigenvalue weighted by Crippen LogP contribution is -2.27. The number of anilines is 1. The van der Waals surface area contributed by atoms with Gasteiger partial charge in [0.2, 0.25) is 0 Å². The van der Waals surface area contributed by atoms with E-state index in [0.717, 1.165) is 38.2 Å². The van der Waals surface area contributed by atoms with Crippen LogP contribution in [-0.2, 0) is 6.42 Å². The summed E-state index contributed by atoms with van der Waals surface area (Å²) in [5.74, 6) is 1.41. The second kappa shape index (κ2) is 7.94. The maximum Gasteiger partial charge on any atom is 0.252 e. The molecule has 0 unspecified atom stereocenters. The molecular formula is C14H26N4O. The molecule has 108 valence electrons. The number of nitrogens with one attached hydrogen (secondary N) is 2. The zero-order chi connectivity index (χ0) is 14.3. The minimum atomic E-state index is -0.0890. The zero-order valence-corrected chi connectivity index (χ0v) is 12.5. The van der Waals surface area contributed by atoms with E-state index in [9.17, 15) is 4.79 Å². The van der Waals surface area contributed by atoms with Crippen molar-refractivity contribution in [3.05, 3.63) is 22.2 Å². The van der Waals surface area contributed by atoms with Crippen molar-refractivity contribution in [2.45, 2.75) is 46.1 Å². The standard InChI is InChI=1S/C14H26N4O/c1-5-12-16-13(10-14(19)17-12)15-8-6-7-9-18(4)11(2)3/h10-11H,5-9H2,1-4H3,(H2,15,16,17,19). The first-order valence-electron chi connectivity index (χ1n) is 7.07. The molecule has 19 heavy (non-hydrogen) atoms. The molecule has 0 aromatic carbocycles. The van der Waals surface area contributed by atoms with Crippen LogP contribution in [0.4, 0.5) is 5.82 Å². The van der Waals surface area contributed by atoms with Crippen molar-refractivity contribution >= 4 is 5.82 Å². The predicted octanol–water partition coefficient (Wildman–Crippen LogP) is 1.86. The Labute approximate surface area is 115 Å². The molecular weight excluding hydrogens is 240 g/mol. The van der Waals surface area contributed by atoms with E-state index in [4.69, 9.17) is 0 Å². The van der Waals surface area contributed by atoms with Gasteiger partial charge in [0.1, 0.15) is 11.6 Å². The Morgan fingerprint density at radius 1 is 1.42 bits per heavy atom. The van der Waals surface area contributed by atoms with Crippen LogP contribution in [0.25, 0.3) is 0 Å². The Hall–Kier alpha value is -1.36. The number of rotatable bonds is 8. The molecule has 1 aromatic heterocycles. The first-order chi connectivity index (χ1) is 9.02. The number of aryl methyl sites for hydroxylation is 1. The van der Waals surface area contributed by atoms with E-state index in [2.05, 4.69) is 41.1 Å². The Balaban J connectivity index is 2.30. The molecule has 1 rings (SSSR count). The van der Waals surface area contributed by atoms with Gasteiger partial charge < -0.3 is 15.2 Å². The van der Waals surface area contributed by atoms with Crippen LogP contribution in [0.5, 0.6) is 0 Å². The largest absolute Gasteiger partial charge is 0.370 e. The summed E-state index contributed by atoms with van der Waals surface area (Å²) in [5.41, 5.74) is -0.0890. The van der Waals surface area contributed by atoms with Gasteiger partial charge in [-0.15, -0.1) is 0 Å². The number of unbranched alkanes of at least 4 members (excludes halogenated alkanes) is 1. The Bertz CT molecular complexity index is 428. The number of aromatic nitrogens is 2. The van der Waals surface area contributed by atoms with E-state index in [1.165, 1.54) is 6.07 Å². The lowest BCUT2D eigenvalue weighted by molar-refractivity contribution is 0.269. The predicted molar refractivity (Wildman–Crippen MR) is 79.7 cm³/mol. The summed E-state index contributed by atoms with van der Waals surface area (Å²) < 4.78 is 0. The Morgan fingerprint density at radius 2 is 2.16 bits per heavy atom. The van der Waals surface area contributed by atoms with Crippen molar-refractivity contribution < 1.29 is 0 Å². The van der Waals surface area contributed by atoms with Gasteiger partial charge in [-0.2, -0.15) is 0 Å². The van der Waals surface area contributed by atoms with E-state index in [0.29, 0.717) is 11.9 Å². The summed E-state index contributed by atoms with van der Waals surface area (Å²) >= 11 is 0. The molecule has 0 spiro atoms.